The van der Waals surface area contributed by atoms with E-state index in [4.69, 9.17) is 0 Å². The molecule has 1 N–H and O–H groups in total. The molecule has 0 saturated carbocycles. The molecule has 1 aromatic rings. The number of aromatic nitrogens is 2. The summed E-state index contributed by atoms with van der Waals surface area (Å²) in [6.07, 6.45) is 23.8. The van der Waals surface area contributed by atoms with Crippen LogP contribution in [0.5, 0.6) is 0 Å². The monoisotopic (exact) mass is 391 g/mol. The van der Waals surface area contributed by atoms with Gasteiger partial charge in [-0.1, -0.05) is 103 Å². The van der Waals surface area contributed by atoms with Gasteiger partial charge in [-0.15, -0.1) is 0 Å². The van der Waals surface area contributed by atoms with E-state index in [0.29, 0.717) is 6.54 Å². The third-order valence-corrected chi connectivity index (χ3v) is 5.43. The molecule has 28 heavy (non-hydrogen) atoms. The lowest BCUT2D eigenvalue weighted by molar-refractivity contribution is -0.121. The summed E-state index contributed by atoms with van der Waals surface area (Å²) < 4.78 is 1.69. The van der Waals surface area contributed by atoms with Gasteiger partial charge in [0.05, 0.1) is 5.69 Å². The highest BCUT2D eigenvalue weighted by atomic mass is 16.2. The lowest BCUT2D eigenvalue weighted by Crippen LogP contribution is -2.28. The topological polar surface area (TPSA) is 46.9 Å². The van der Waals surface area contributed by atoms with E-state index in [1.165, 1.54) is 96.3 Å². The zero-order valence-corrected chi connectivity index (χ0v) is 18.7. The highest BCUT2D eigenvalue weighted by molar-refractivity contribution is 5.75. The summed E-state index contributed by atoms with van der Waals surface area (Å²) in [4.78, 5) is 11.8. The van der Waals surface area contributed by atoms with Gasteiger partial charge in [-0.25, -0.2) is 0 Å². The fourth-order valence-electron chi connectivity index (χ4n) is 3.66. The third-order valence-electron chi connectivity index (χ3n) is 5.43. The number of unbranched alkanes of at least 4 members (excludes halogenated alkanes) is 15. The second kappa shape index (κ2) is 17.8. The zero-order valence-electron chi connectivity index (χ0n) is 18.7. The molecule has 4 nitrogen and oxygen atoms in total. The summed E-state index contributed by atoms with van der Waals surface area (Å²) >= 11 is 0. The molecule has 0 unspecified atom stereocenters. The van der Waals surface area contributed by atoms with Gasteiger partial charge in [0.2, 0.25) is 5.91 Å². The Balaban J connectivity index is 1.74. The number of rotatable bonds is 19. The van der Waals surface area contributed by atoms with Gasteiger partial charge in [0, 0.05) is 12.7 Å². The Morgan fingerprint density at radius 1 is 0.821 bits per heavy atom. The molecule has 0 fully saturated rings. The minimum absolute atomic E-state index is 0.0593. The molecule has 0 bridgehead atoms. The van der Waals surface area contributed by atoms with Crippen molar-refractivity contribution in [2.45, 2.75) is 123 Å². The lowest BCUT2D eigenvalue weighted by Gasteiger charge is -2.06. The predicted octanol–water partition coefficient (Wildman–Crippen LogP) is 6.57. The molecule has 0 saturated heterocycles. The van der Waals surface area contributed by atoms with Crippen LogP contribution in [-0.4, -0.2) is 22.2 Å². The molecular weight excluding hydrogens is 346 g/mol. The van der Waals surface area contributed by atoms with E-state index >= 15 is 0 Å². The van der Waals surface area contributed by atoms with Crippen LogP contribution in [0, 0.1) is 6.92 Å². The Labute approximate surface area is 173 Å². The number of aryl methyl sites for hydroxylation is 1. The molecule has 0 atom stereocenters. The van der Waals surface area contributed by atoms with Gasteiger partial charge in [0.15, 0.2) is 0 Å². The minimum Gasteiger partial charge on any atom is -0.354 e. The number of carbonyl (C=O) groups is 1. The van der Waals surface area contributed by atoms with Crippen LogP contribution < -0.4 is 5.32 Å². The van der Waals surface area contributed by atoms with E-state index in [0.717, 1.165) is 18.7 Å². The highest BCUT2D eigenvalue weighted by Gasteiger charge is 2.02. The van der Waals surface area contributed by atoms with Crippen molar-refractivity contribution in [1.82, 2.24) is 15.1 Å². The maximum Gasteiger partial charge on any atom is 0.241 e. The number of nitrogens with zero attached hydrogens (tertiary/aromatic N) is 2. The Bertz CT molecular complexity index is 484. The summed E-state index contributed by atoms with van der Waals surface area (Å²) in [6, 6.07) is 1.92. The molecule has 0 aliphatic heterocycles. The summed E-state index contributed by atoms with van der Waals surface area (Å²) in [5, 5.41) is 7.22. The first-order valence-electron chi connectivity index (χ1n) is 12.0. The van der Waals surface area contributed by atoms with E-state index in [1.807, 2.05) is 19.2 Å². The van der Waals surface area contributed by atoms with Crippen LogP contribution in [0.2, 0.25) is 0 Å². The van der Waals surface area contributed by atoms with Gasteiger partial charge in [0.25, 0.3) is 0 Å². The van der Waals surface area contributed by atoms with Gasteiger partial charge < -0.3 is 5.32 Å². The van der Waals surface area contributed by atoms with Crippen LogP contribution in [0.4, 0.5) is 0 Å². The zero-order chi connectivity index (χ0) is 20.3. The van der Waals surface area contributed by atoms with Gasteiger partial charge in [-0.2, -0.15) is 5.10 Å². The number of hydrogen-bond acceptors (Lipinski definition) is 2. The van der Waals surface area contributed by atoms with Crippen LogP contribution in [0.25, 0.3) is 0 Å². The normalized spacial score (nSPS) is 11.1. The predicted molar refractivity (Wildman–Crippen MR) is 120 cm³/mol. The lowest BCUT2D eigenvalue weighted by atomic mass is 10.0. The van der Waals surface area contributed by atoms with Crippen molar-refractivity contribution in [3.05, 3.63) is 18.0 Å². The van der Waals surface area contributed by atoms with Crippen LogP contribution in [0.1, 0.15) is 115 Å². The molecule has 1 amide bonds. The van der Waals surface area contributed by atoms with Crippen molar-refractivity contribution in [2.75, 3.05) is 6.54 Å². The Morgan fingerprint density at radius 2 is 1.29 bits per heavy atom. The smallest absolute Gasteiger partial charge is 0.241 e. The minimum atomic E-state index is 0.0593. The first-order valence-corrected chi connectivity index (χ1v) is 12.0. The van der Waals surface area contributed by atoms with E-state index < -0.39 is 0 Å². The average molecular weight is 392 g/mol. The van der Waals surface area contributed by atoms with Crippen molar-refractivity contribution in [2.24, 2.45) is 0 Å². The van der Waals surface area contributed by atoms with Crippen molar-refractivity contribution < 1.29 is 4.79 Å². The summed E-state index contributed by atoms with van der Waals surface area (Å²) in [5.41, 5.74) is 0.950. The second-order valence-electron chi connectivity index (χ2n) is 8.31. The van der Waals surface area contributed by atoms with Crippen molar-refractivity contribution >= 4 is 5.91 Å². The molecule has 0 aromatic carbocycles. The quantitative estimate of drug-likeness (QED) is 0.271. The first-order chi connectivity index (χ1) is 13.7. The van der Waals surface area contributed by atoms with Crippen molar-refractivity contribution in [3.63, 3.8) is 0 Å². The van der Waals surface area contributed by atoms with Gasteiger partial charge in [-0.3, -0.25) is 9.48 Å². The standard InChI is InChI=1S/C24H45N3O/c1-3-4-5-6-7-8-9-10-11-12-13-14-15-16-17-18-20-25-24(28)22-27-21-19-23(2)26-27/h19,21H,3-18,20,22H2,1-2H3,(H,25,28). The Kier molecular flexibility index (Phi) is 15.7. The fraction of sp³-hybridized carbons (Fsp3) is 0.833. The van der Waals surface area contributed by atoms with Crippen LogP contribution in [0.3, 0.4) is 0 Å². The SMILES string of the molecule is CCCCCCCCCCCCCCCCCCNC(=O)Cn1ccc(C)n1. The van der Waals surface area contributed by atoms with Crippen LogP contribution in [0.15, 0.2) is 12.3 Å². The average Bonchev–Trinajstić information content (AvgIpc) is 3.08. The molecular formula is C24H45N3O. The van der Waals surface area contributed by atoms with Gasteiger partial charge in [0.1, 0.15) is 6.54 Å². The maximum atomic E-state index is 11.8. The summed E-state index contributed by atoms with van der Waals surface area (Å²) in [7, 11) is 0. The summed E-state index contributed by atoms with van der Waals surface area (Å²) in [5.74, 6) is 0.0593. The molecule has 1 aromatic heterocycles. The van der Waals surface area contributed by atoms with Crippen LogP contribution >= 0.6 is 0 Å². The number of nitrogens with one attached hydrogen (secondary N) is 1. The molecule has 0 aliphatic rings. The molecule has 0 radical (unpaired) electrons. The van der Waals surface area contributed by atoms with Gasteiger partial charge >= 0.3 is 0 Å². The molecule has 1 heterocycles. The third kappa shape index (κ3) is 14.7. The van der Waals surface area contributed by atoms with E-state index in [2.05, 4.69) is 17.3 Å². The molecule has 4 heteroatoms. The maximum absolute atomic E-state index is 11.8. The van der Waals surface area contributed by atoms with Gasteiger partial charge in [-0.05, 0) is 19.4 Å². The fourth-order valence-corrected chi connectivity index (χ4v) is 3.66. The molecule has 0 spiro atoms. The largest absolute Gasteiger partial charge is 0.354 e. The van der Waals surface area contributed by atoms with E-state index in [-0.39, 0.29) is 5.91 Å². The summed E-state index contributed by atoms with van der Waals surface area (Å²) in [6.45, 7) is 5.33. The second-order valence-corrected chi connectivity index (χ2v) is 8.31. The highest BCUT2D eigenvalue weighted by Crippen LogP contribution is 2.13. The molecule has 1 rings (SSSR count). The van der Waals surface area contributed by atoms with Crippen molar-refractivity contribution in [3.8, 4) is 0 Å². The first kappa shape index (κ1) is 24.7. The number of amides is 1. The van der Waals surface area contributed by atoms with Crippen molar-refractivity contribution in [1.29, 1.82) is 0 Å². The van der Waals surface area contributed by atoms with E-state index in [1.54, 1.807) is 4.68 Å². The Hall–Kier alpha value is -1.32. The molecule has 0 aliphatic carbocycles. The number of carbonyl (C=O) groups excluding carboxylic acids is 1. The van der Waals surface area contributed by atoms with E-state index in [9.17, 15) is 4.79 Å². The number of hydrogen-bond donors (Lipinski definition) is 1. The van der Waals surface area contributed by atoms with Crippen LogP contribution in [-0.2, 0) is 11.3 Å². The Morgan fingerprint density at radius 3 is 1.71 bits per heavy atom. The molecule has 162 valence electrons.